The lowest BCUT2D eigenvalue weighted by Gasteiger charge is -2.37. The molecule has 0 atom stereocenters. The molecule has 0 N–H and O–H groups in total. The van der Waals surface area contributed by atoms with Crippen LogP contribution in [0.3, 0.4) is 0 Å². The Morgan fingerprint density at radius 1 is 0.683 bits per heavy atom. The molecule has 224 valence electrons. The van der Waals surface area contributed by atoms with E-state index in [1.54, 1.807) is 0 Å². The van der Waals surface area contributed by atoms with E-state index < -0.39 is 0 Å². The molecule has 4 rings (SSSR count). The number of nitriles is 1. The summed E-state index contributed by atoms with van der Waals surface area (Å²) < 4.78 is 5.95. The molecule has 2 saturated carbocycles. The van der Waals surface area contributed by atoms with Crippen molar-refractivity contribution in [2.24, 2.45) is 17.3 Å². The minimum Gasteiger partial charge on any atom is -0.494 e. The van der Waals surface area contributed by atoms with Crippen LogP contribution in [0.25, 0.3) is 11.1 Å². The predicted octanol–water partition coefficient (Wildman–Crippen LogP) is 12.0. The lowest BCUT2D eigenvalue weighted by molar-refractivity contribution is 0.185. The number of ether oxygens (including phenoxy) is 1. The average Bonchev–Trinajstić information content (AvgIpc) is 3.03. The van der Waals surface area contributed by atoms with Gasteiger partial charge in [-0.2, -0.15) is 5.26 Å². The molecule has 2 aliphatic carbocycles. The van der Waals surface area contributed by atoms with Gasteiger partial charge in [0, 0.05) is 0 Å². The molecule has 0 aliphatic heterocycles. The van der Waals surface area contributed by atoms with E-state index >= 15 is 0 Å². The van der Waals surface area contributed by atoms with Crippen LogP contribution in [0.15, 0.2) is 48.5 Å². The Bertz CT molecular complexity index is 1020. The van der Waals surface area contributed by atoms with Crippen LogP contribution in [-0.2, 0) is 0 Å². The van der Waals surface area contributed by atoms with Crippen molar-refractivity contribution < 1.29 is 4.74 Å². The molecule has 2 aromatic rings. The van der Waals surface area contributed by atoms with E-state index in [1.165, 1.54) is 100 Å². The van der Waals surface area contributed by atoms with Crippen molar-refractivity contribution in [1.29, 1.82) is 5.26 Å². The van der Waals surface area contributed by atoms with Crippen LogP contribution in [0.4, 0.5) is 0 Å². The minimum absolute atomic E-state index is 0.0757. The smallest absolute Gasteiger partial charge is 0.119 e. The molecule has 0 saturated heterocycles. The van der Waals surface area contributed by atoms with Gasteiger partial charge in [-0.25, -0.2) is 0 Å². The molecular formula is C39H57NO. The summed E-state index contributed by atoms with van der Waals surface area (Å²) in [7, 11) is 0. The van der Waals surface area contributed by atoms with Gasteiger partial charge in [-0.15, -0.1) is 0 Å². The molecule has 0 unspecified atom stereocenters. The average molecular weight is 556 g/mol. The molecule has 0 heterocycles. The fraction of sp³-hybridized carbons (Fsp3) is 0.667. The third kappa shape index (κ3) is 9.91. The van der Waals surface area contributed by atoms with E-state index in [-0.39, 0.29) is 5.41 Å². The van der Waals surface area contributed by atoms with Gasteiger partial charge in [0.05, 0.1) is 18.1 Å². The van der Waals surface area contributed by atoms with Crippen molar-refractivity contribution >= 4 is 0 Å². The number of rotatable bonds is 16. The Hall–Kier alpha value is -2.27. The Labute approximate surface area is 252 Å². The molecule has 0 bridgehead atoms. The van der Waals surface area contributed by atoms with Crippen molar-refractivity contribution in [3.05, 3.63) is 54.1 Å². The predicted molar refractivity (Wildman–Crippen MR) is 174 cm³/mol. The zero-order chi connectivity index (χ0) is 28.8. The van der Waals surface area contributed by atoms with Crippen molar-refractivity contribution in [2.45, 2.75) is 142 Å². The molecule has 0 aromatic heterocycles. The highest BCUT2D eigenvalue weighted by Crippen LogP contribution is 2.47. The first kappa shape index (κ1) is 31.7. The second-order valence-corrected chi connectivity index (χ2v) is 13.5. The SMILES string of the molecule is CCCCCCCOc1ccc(-c2ccc([C@H]3CC[C@](C#N)(CCC4CCC(CCCCC)CC4)CC3)cc2)cc1. The van der Waals surface area contributed by atoms with Crippen LogP contribution in [-0.4, -0.2) is 6.61 Å². The van der Waals surface area contributed by atoms with Gasteiger partial charge in [0.25, 0.3) is 0 Å². The third-order valence-electron chi connectivity index (χ3n) is 10.5. The molecule has 2 heteroatoms. The Kier molecular flexibility index (Phi) is 13.1. The second-order valence-electron chi connectivity index (χ2n) is 13.5. The highest BCUT2D eigenvalue weighted by molar-refractivity contribution is 5.64. The second kappa shape index (κ2) is 17.0. The van der Waals surface area contributed by atoms with E-state index in [0.29, 0.717) is 5.92 Å². The van der Waals surface area contributed by atoms with Gasteiger partial charge >= 0.3 is 0 Å². The summed E-state index contributed by atoms with van der Waals surface area (Å²) in [5.74, 6) is 3.41. The lowest BCUT2D eigenvalue weighted by Crippen LogP contribution is -2.27. The first-order valence-electron chi connectivity index (χ1n) is 17.4. The summed E-state index contributed by atoms with van der Waals surface area (Å²) in [6.07, 6.45) is 24.5. The Morgan fingerprint density at radius 3 is 1.85 bits per heavy atom. The van der Waals surface area contributed by atoms with Crippen LogP contribution in [0, 0.1) is 28.6 Å². The van der Waals surface area contributed by atoms with Gasteiger partial charge in [0.2, 0.25) is 0 Å². The zero-order valence-corrected chi connectivity index (χ0v) is 26.3. The first-order chi connectivity index (χ1) is 20.1. The fourth-order valence-corrected chi connectivity index (χ4v) is 7.48. The summed E-state index contributed by atoms with van der Waals surface area (Å²) in [5, 5.41) is 10.2. The number of benzene rings is 2. The summed E-state index contributed by atoms with van der Waals surface area (Å²) in [6.45, 7) is 5.37. The maximum atomic E-state index is 10.2. The fourth-order valence-electron chi connectivity index (χ4n) is 7.48. The number of nitrogens with zero attached hydrogens (tertiary/aromatic N) is 1. The number of hydrogen-bond acceptors (Lipinski definition) is 2. The van der Waals surface area contributed by atoms with Crippen molar-refractivity contribution in [3.63, 3.8) is 0 Å². The van der Waals surface area contributed by atoms with Gasteiger partial charge in [0.1, 0.15) is 5.75 Å². The van der Waals surface area contributed by atoms with Gasteiger partial charge < -0.3 is 4.74 Å². The van der Waals surface area contributed by atoms with E-state index in [1.807, 2.05) is 0 Å². The molecule has 0 amide bonds. The largest absolute Gasteiger partial charge is 0.494 e. The van der Waals surface area contributed by atoms with Crippen LogP contribution < -0.4 is 4.74 Å². The van der Waals surface area contributed by atoms with Crippen LogP contribution in [0.5, 0.6) is 5.75 Å². The van der Waals surface area contributed by atoms with Crippen molar-refractivity contribution in [3.8, 4) is 22.9 Å². The standard InChI is InChI=1S/C39H57NO/c1-3-5-7-8-10-30-41-38-22-20-36(21-23-38)34-16-18-35(19-17-34)37-25-28-39(31-40,29-26-37)27-24-33-14-12-32(13-15-33)11-9-6-4-2/h16-23,32-33,37H,3-15,24-30H2,1-2H3/t32?,33?,37-,39+. The molecular weight excluding hydrogens is 498 g/mol. The Balaban J connectivity index is 1.19. The minimum atomic E-state index is -0.0757. The van der Waals surface area contributed by atoms with Crippen molar-refractivity contribution in [1.82, 2.24) is 0 Å². The molecule has 2 aliphatic rings. The number of unbranched alkanes of at least 4 members (excludes halogenated alkanes) is 6. The molecule has 0 spiro atoms. The summed E-state index contributed by atoms with van der Waals surface area (Å²) in [6, 6.07) is 20.6. The molecule has 2 aromatic carbocycles. The van der Waals surface area contributed by atoms with Gasteiger partial charge in [0.15, 0.2) is 0 Å². The van der Waals surface area contributed by atoms with Crippen LogP contribution in [0.2, 0.25) is 0 Å². The quantitative estimate of drug-likeness (QED) is 0.193. The highest BCUT2D eigenvalue weighted by atomic mass is 16.5. The van der Waals surface area contributed by atoms with Crippen molar-refractivity contribution in [2.75, 3.05) is 6.61 Å². The normalized spacial score (nSPS) is 24.6. The molecule has 41 heavy (non-hydrogen) atoms. The summed E-state index contributed by atoms with van der Waals surface area (Å²) in [5.41, 5.74) is 3.88. The molecule has 2 nitrogen and oxygen atoms in total. The topological polar surface area (TPSA) is 33.0 Å². The number of hydrogen-bond donors (Lipinski definition) is 0. The summed E-state index contributed by atoms with van der Waals surface area (Å²) >= 11 is 0. The van der Waals surface area contributed by atoms with Crippen LogP contribution in [0.1, 0.15) is 147 Å². The maximum Gasteiger partial charge on any atom is 0.119 e. The highest BCUT2D eigenvalue weighted by Gasteiger charge is 2.36. The van der Waals surface area contributed by atoms with Gasteiger partial charge in [-0.05, 0) is 91.5 Å². The molecule has 2 fully saturated rings. The monoisotopic (exact) mass is 555 g/mol. The van der Waals surface area contributed by atoms with Gasteiger partial charge in [-0.3, -0.25) is 0 Å². The van der Waals surface area contributed by atoms with Gasteiger partial charge in [-0.1, -0.05) is 127 Å². The zero-order valence-electron chi connectivity index (χ0n) is 26.3. The maximum absolute atomic E-state index is 10.2. The third-order valence-corrected chi connectivity index (χ3v) is 10.5. The first-order valence-corrected chi connectivity index (χ1v) is 17.4. The van der Waals surface area contributed by atoms with Crippen LogP contribution >= 0.6 is 0 Å². The van der Waals surface area contributed by atoms with E-state index in [4.69, 9.17) is 4.74 Å². The van der Waals surface area contributed by atoms with E-state index in [0.717, 1.165) is 62.7 Å². The summed E-state index contributed by atoms with van der Waals surface area (Å²) in [4.78, 5) is 0. The lowest BCUT2D eigenvalue weighted by atomic mass is 9.66. The van der Waals surface area contributed by atoms with E-state index in [9.17, 15) is 5.26 Å². The Morgan fingerprint density at radius 2 is 1.24 bits per heavy atom. The van der Waals surface area contributed by atoms with E-state index in [2.05, 4.69) is 68.4 Å². The molecule has 0 radical (unpaired) electrons.